The van der Waals surface area contributed by atoms with Crippen LogP contribution in [0, 0.1) is 0 Å². The average molecular weight is 194 g/mol. The summed E-state index contributed by atoms with van der Waals surface area (Å²) in [6, 6.07) is 8.83. The van der Waals surface area contributed by atoms with Gasteiger partial charge in [0.05, 0.1) is 12.7 Å². The van der Waals surface area contributed by atoms with Gasteiger partial charge in [-0.2, -0.15) is 0 Å². The van der Waals surface area contributed by atoms with Crippen LogP contribution in [0.4, 0.5) is 0 Å². The van der Waals surface area contributed by atoms with Crippen LogP contribution < -0.4 is 0 Å². The summed E-state index contributed by atoms with van der Waals surface area (Å²) in [7, 11) is 1.26. The highest BCUT2D eigenvalue weighted by molar-refractivity contribution is 5.88. The lowest BCUT2D eigenvalue weighted by Crippen LogP contribution is -2.11. The van der Waals surface area contributed by atoms with Gasteiger partial charge in [-0.05, 0) is 5.56 Å². The Bertz CT molecular complexity index is 330. The fourth-order valence-corrected chi connectivity index (χ4v) is 1.08. The number of carbonyl (C=O) groups excluding carboxylic acids is 1. The molecule has 14 heavy (non-hydrogen) atoms. The lowest BCUT2D eigenvalue weighted by molar-refractivity contribution is -0.137. The highest BCUT2D eigenvalue weighted by atomic mass is 18.2. The minimum Gasteiger partial charge on any atom is -0.466 e. The number of rotatable bonds is 3. The second kappa shape index (κ2) is 4.58. The summed E-state index contributed by atoms with van der Waals surface area (Å²) in [5, 5.41) is 9.69. The maximum atomic E-state index is 11.0. The quantitative estimate of drug-likeness (QED) is 0.450. The van der Waals surface area contributed by atoms with Gasteiger partial charge >= 0.3 is 5.97 Å². The molecule has 0 aliphatic rings. The zero-order valence-electron chi connectivity index (χ0n) is 7.93. The molecule has 0 spiro atoms. The van der Waals surface area contributed by atoms with Crippen LogP contribution in [0.2, 0.25) is 0 Å². The molecule has 0 saturated heterocycles. The monoisotopic (exact) mass is 194 g/mol. The molecule has 3 heteroatoms. The Morgan fingerprint density at radius 1 is 1.43 bits per heavy atom. The first-order valence-corrected chi connectivity index (χ1v) is 4.17. The van der Waals surface area contributed by atoms with E-state index >= 15 is 0 Å². The van der Waals surface area contributed by atoms with E-state index in [0.717, 1.165) is 0 Å². The number of aliphatic hydroxyl groups excluding tert-OH is 1. The van der Waals surface area contributed by atoms with E-state index in [4.69, 9.17) is 0 Å². The van der Waals surface area contributed by atoms with Crippen molar-refractivity contribution in [3.63, 3.8) is 0 Å². The molecule has 0 saturated carbocycles. The molecule has 1 unspecified atom stereocenters. The van der Waals surface area contributed by atoms with Gasteiger partial charge in [0.2, 0.25) is 0 Å². The van der Waals surface area contributed by atoms with Gasteiger partial charge in [0.15, 0.2) is 0 Å². The van der Waals surface area contributed by atoms with Gasteiger partial charge in [-0.25, -0.2) is 4.79 Å². The van der Waals surface area contributed by atoms with E-state index in [0.29, 0.717) is 5.56 Å². The van der Waals surface area contributed by atoms with E-state index in [2.05, 4.69) is 11.3 Å². The molecule has 0 heterocycles. The van der Waals surface area contributed by atoms with Gasteiger partial charge in [-0.15, -0.1) is 0 Å². The van der Waals surface area contributed by atoms with E-state index < -0.39 is 12.1 Å². The number of methoxy groups -OCH3 is 1. The highest BCUT2D eigenvalue weighted by Gasteiger charge is 2.18. The summed E-state index contributed by atoms with van der Waals surface area (Å²) >= 11 is 0. The Labute approximate surface area is 82.6 Å². The average Bonchev–Trinajstić information content (AvgIpc) is 2.27. The van der Waals surface area contributed by atoms with Gasteiger partial charge in [-0.3, -0.25) is 0 Å². The second-order valence-corrected chi connectivity index (χ2v) is 2.83. The van der Waals surface area contributed by atoms with Crippen molar-refractivity contribution >= 4 is 5.97 Å². The van der Waals surface area contributed by atoms with Crippen molar-refractivity contribution in [3.8, 4) is 0 Å². The van der Waals surface area contributed by atoms with Crippen LogP contribution in [0.25, 0.3) is 0 Å². The van der Waals surface area contributed by atoms with Crippen LogP contribution in [0.15, 0.2) is 42.5 Å². The lowest BCUT2D eigenvalue weighted by Gasteiger charge is -2.11. The number of ether oxygens (including phenoxy) is 1. The molecule has 0 aromatic heterocycles. The van der Waals surface area contributed by atoms with E-state index in [-0.39, 0.29) is 5.57 Å². The summed E-state index contributed by atoms with van der Waals surface area (Å²) < 4.78 is 4.46. The van der Waals surface area contributed by atoms with E-state index in [1.807, 2.05) is 6.07 Å². The third-order valence-corrected chi connectivity index (χ3v) is 1.89. The van der Waals surface area contributed by atoms with Crippen molar-refractivity contribution in [2.24, 2.45) is 0 Å². The predicted molar refractivity (Wildman–Crippen MR) is 52.6 cm³/mol. The highest BCUT2D eigenvalue weighted by Crippen LogP contribution is 2.20. The largest absolute Gasteiger partial charge is 0.466 e. The van der Waals surface area contributed by atoms with E-state index in [1.165, 1.54) is 7.11 Å². The third kappa shape index (κ3) is 2.20. The van der Waals surface area contributed by atoms with Crippen molar-refractivity contribution < 1.29 is 14.6 Å². The van der Waals surface area contributed by atoms with Crippen LogP contribution in [-0.2, 0) is 9.53 Å². The number of hydrogen-bond acceptors (Lipinski definition) is 3. The molecular weight excluding hydrogens is 182 g/mol. The molecule has 0 aliphatic carbocycles. The number of aliphatic hydroxyl groups is 1. The Morgan fingerprint density at radius 2 is 2.00 bits per heavy atom. The normalized spacial score (nSPS) is 11.9. The smallest absolute Gasteiger partial charge is 0.336 e. The summed E-state index contributed by atoms with van der Waals surface area (Å²) in [4.78, 5) is 11.0. The van der Waals surface area contributed by atoms with Crippen LogP contribution >= 0.6 is 0 Å². The fraction of sp³-hybridized carbons (Fsp3) is 0.182. The van der Waals surface area contributed by atoms with Crippen molar-refractivity contribution in [2.75, 3.05) is 7.11 Å². The Morgan fingerprint density at radius 3 is 2.50 bits per heavy atom. The molecule has 1 aromatic rings. The van der Waals surface area contributed by atoms with Crippen molar-refractivity contribution in [1.29, 1.82) is 0 Å². The van der Waals surface area contributed by atoms with Gasteiger partial charge in [0.25, 0.3) is 0 Å². The number of carbonyl (C=O) groups is 1. The summed E-state index contributed by atoms with van der Waals surface area (Å²) in [5.74, 6) is -0.596. The van der Waals surface area contributed by atoms with Crippen molar-refractivity contribution in [1.82, 2.24) is 0 Å². The fourth-order valence-electron chi connectivity index (χ4n) is 1.08. The minimum absolute atomic E-state index is 0.0405. The Hall–Kier alpha value is -1.61. The molecule has 0 bridgehead atoms. The predicted octanol–water partition coefficient (Wildman–Crippen LogP) is 1.45. The summed E-state index contributed by atoms with van der Waals surface area (Å²) in [6.07, 6.45) is -0.997. The molecule has 0 amide bonds. The van der Waals surface area contributed by atoms with Gasteiger partial charge in [0.1, 0.15) is 6.10 Å². The number of hydrogen-bond donors (Lipinski definition) is 1. The molecule has 3 nitrogen and oxygen atoms in total. The van der Waals surface area contributed by atoms with E-state index in [9.17, 15) is 9.90 Å². The first-order valence-electron chi connectivity index (χ1n) is 4.17. The molecule has 1 atom stereocenters. The minimum atomic E-state index is -0.997. The van der Waals surface area contributed by atoms with Gasteiger partial charge in [-0.1, -0.05) is 36.9 Å². The molecule has 1 aromatic carbocycles. The van der Waals surface area contributed by atoms with Gasteiger partial charge in [0, 0.05) is 0 Å². The Balaban J connectivity index is 2.81. The molecule has 0 fully saturated rings. The van der Waals surface area contributed by atoms with Gasteiger partial charge < -0.3 is 9.84 Å². The summed E-state index contributed by atoms with van der Waals surface area (Å²) in [6.45, 7) is 3.48. The first kappa shape index (κ1) is 10.5. The summed E-state index contributed by atoms with van der Waals surface area (Å²) in [5.41, 5.74) is 0.668. The van der Waals surface area contributed by atoms with E-state index in [1.54, 1.807) is 24.3 Å². The molecule has 0 radical (unpaired) electrons. The molecular formula is C11H12O3. The zero-order valence-corrected chi connectivity index (χ0v) is 7.93. The van der Waals surface area contributed by atoms with Crippen molar-refractivity contribution in [3.05, 3.63) is 48.0 Å². The topological polar surface area (TPSA) is 46.5 Å². The molecule has 0 aliphatic heterocycles. The van der Waals surface area contributed by atoms with Crippen LogP contribution in [0.1, 0.15) is 11.7 Å². The first-order chi connectivity index (χ1) is 6.66. The molecule has 1 N–H and O–H groups in total. The van der Waals surface area contributed by atoms with Crippen molar-refractivity contribution in [2.45, 2.75) is 6.10 Å². The maximum absolute atomic E-state index is 11.0. The molecule has 1 rings (SSSR count). The maximum Gasteiger partial charge on any atom is 0.336 e. The van der Waals surface area contributed by atoms with Crippen LogP contribution in [0.3, 0.4) is 0 Å². The number of benzene rings is 1. The standard InChI is InChI=1S/C11H12O3/c1-8(11(13)14-2)10(12)9-6-4-3-5-7-9/h3-7,10,12H,1H2,2H3/i12+2. The second-order valence-electron chi connectivity index (χ2n) is 2.83. The third-order valence-electron chi connectivity index (χ3n) is 1.89. The van der Waals surface area contributed by atoms with Crippen LogP contribution in [0.5, 0.6) is 0 Å². The number of esters is 1. The molecule has 74 valence electrons. The Kier molecular flexibility index (Phi) is 3.42. The van der Waals surface area contributed by atoms with Crippen LogP contribution in [-0.4, -0.2) is 18.2 Å². The SMILES string of the molecule is C=C(C(=O)OC)C([18OH])c1ccccc1. The lowest BCUT2D eigenvalue weighted by atomic mass is 10.0. The zero-order chi connectivity index (χ0) is 10.6.